The minimum atomic E-state index is -1.95. The molecule has 15 heteroatoms. The molecule has 0 spiro atoms. The fourth-order valence-electron chi connectivity index (χ4n) is 5.33. The van der Waals surface area contributed by atoms with Gasteiger partial charge in [-0.3, -0.25) is 14.5 Å². The summed E-state index contributed by atoms with van der Waals surface area (Å²) < 4.78 is 18.6. The van der Waals surface area contributed by atoms with Crippen LogP contribution < -0.4 is 20.7 Å². The van der Waals surface area contributed by atoms with Crippen molar-refractivity contribution < 1.29 is 33.8 Å². The van der Waals surface area contributed by atoms with Crippen LogP contribution in [0.5, 0.6) is 11.6 Å². The van der Waals surface area contributed by atoms with Gasteiger partial charge >= 0.3 is 0 Å². The summed E-state index contributed by atoms with van der Waals surface area (Å²) in [4.78, 5) is 28.5. The molecule has 0 aliphatic carbocycles. The number of morpholine rings is 1. The lowest BCUT2D eigenvalue weighted by Crippen LogP contribution is -2.63. The highest BCUT2D eigenvalue weighted by Gasteiger charge is 2.47. The zero-order valence-electron chi connectivity index (χ0n) is 26.0. The number of aromatic hydroxyl groups is 1. The number of nitrogens with one attached hydrogen (secondary N) is 1. The van der Waals surface area contributed by atoms with E-state index in [1.54, 1.807) is 48.7 Å². The molecule has 2 atom stereocenters. The number of amides is 2. The summed E-state index contributed by atoms with van der Waals surface area (Å²) in [5, 5.41) is 42.0. The van der Waals surface area contributed by atoms with Gasteiger partial charge in [0.1, 0.15) is 17.0 Å². The number of hydrogen-bond acceptors (Lipinski definition) is 12. The van der Waals surface area contributed by atoms with Gasteiger partial charge in [0.25, 0.3) is 11.8 Å². The number of phenols is 1. The Hall–Kier alpha value is -5.54. The van der Waals surface area contributed by atoms with Gasteiger partial charge in [0.05, 0.1) is 42.5 Å². The Bertz CT molecular complexity index is 1930. The third-order valence-corrected chi connectivity index (χ3v) is 7.50. The third kappa shape index (κ3) is 6.71. The molecule has 1 unspecified atom stereocenters. The Labute approximate surface area is 268 Å². The Kier molecular flexibility index (Phi) is 8.25. The van der Waals surface area contributed by atoms with E-state index in [1.165, 1.54) is 27.9 Å². The van der Waals surface area contributed by atoms with Gasteiger partial charge in [-0.1, -0.05) is 23.4 Å². The number of ether oxygens (including phenoxy) is 2. The molecule has 2 aromatic carbocycles. The predicted octanol–water partition coefficient (Wildman–Crippen LogP) is 2.40. The number of benzene rings is 2. The smallest absolute Gasteiger partial charge is 0.260 e. The number of carbonyl (C=O) groups is 2. The normalized spacial score (nSPS) is 16.6. The lowest BCUT2D eigenvalue weighted by Gasteiger charge is -2.40. The lowest BCUT2D eigenvalue weighted by atomic mass is 9.86. The van der Waals surface area contributed by atoms with E-state index in [4.69, 9.17) is 19.7 Å². The molecule has 1 fully saturated rings. The second-order valence-corrected chi connectivity index (χ2v) is 12.2. The minimum Gasteiger partial charge on any atom is -0.507 e. The van der Waals surface area contributed by atoms with Crippen molar-refractivity contribution in [1.29, 1.82) is 0 Å². The maximum absolute atomic E-state index is 14.1. The number of para-hydroxylation sites is 1. The quantitative estimate of drug-likeness (QED) is 0.183. The number of carbonyl (C=O) groups excluding carboxylic acids is 2. The number of anilines is 2. The van der Waals surface area contributed by atoms with Crippen LogP contribution in [0, 0.1) is 0 Å². The first-order chi connectivity index (χ1) is 22.4. The van der Waals surface area contributed by atoms with Gasteiger partial charge in [-0.15, -0.1) is 10.2 Å². The molecule has 4 heterocycles. The van der Waals surface area contributed by atoms with Crippen molar-refractivity contribution in [3.63, 3.8) is 0 Å². The third-order valence-electron chi connectivity index (χ3n) is 7.50. The van der Waals surface area contributed by atoms with E-state index in [1.807, 2.05) is 20.8 Å². The standard InChI is InChI=1S/C32H34N8O7/c1-31(2,3)46-26-15-20(17-35-36-26)40-11-10-25(37-40)39-12-13-45-27(30(39)43)32(44,18-34-29(42)21-6-4-5-7-23(21)41)16-19-8-9-22-24(14-19)47-38-28(22)33/h4-11,14-15,17,27,41,44H,12-13,16,18H2,1-3H3,(H2,33,38)(H,34,42)/t27-,32?/m0/s1. The molecule has 6 rings (SSSR count). The summed E-state index contributed by atoms with van der Waals surface area (Å²) in [6.45, 7) is 5.55. The van der Waals surface area contributed by atoms with Crippen LogP contribution in [0.2, 0.25) is 0 Å². The van der Waals surface area contributed by atoms with Crippen molar-refractivity contribution in [2.24, 2.45) is 0 Å². The average Bonchev–Trinajstić information content (AvgIpc) is 3.66. The molecule has 5 aromatic rings. The molecule has 47 heavy (non-hydrogen) atoms. The van der Waals surface area contributed by atoms with Gasteiger partial charge in [-0.2, -0.15) is 5.10 Å². The van der Waals surface area contributed by atoms with Crippen LogP contribution in [0.25, 0.3) is 16.7 Å². The van der Waals surface area contributed by atoms with Crippen LogP contribution in [0.1, 0.15) is 36.7 Å². The molecule has 15 nitrogen and oxygen atoms in total. The zero-order valence-corrected chi connectivity index (χ0v) is 26.0. The van der Waals surface area contributed by atoms with Crippen molar-refractivity contribution in [2.75, 3.05) is 30.3 Å². The predicted molar refractivity (Wildman–Crippen MR) is 169 cm³/mol. The summed E-state index contributed by atoms with van der Waals surface area (Å²) in [5.41, 5.74) is 4.97. The molecule has 1 aliphatic heterocycles. The van der Waals surface area contributed by atoms with Crippen LogP contribution in [0.15, 0.2) is 71.5 Å². The first-order valence-electron chi connectivity index (χ1n) is 14.8. The highest BCUT2D eigenvalue weighted by Crippen LogP contribution is 2.30. The highest BCUT2D eigenvalue weighted by molar-refractivity contribution is 5.98. The number of aromatic nitrogens is 5. The van der Waals surface area contributed by atoms with Crippen molar-refractivity contribution >= 4 is 34.4 Å². The molecule has 1 saturated heterocycles. The van der Waals surface area contributed by atoms with Gasteiger partial charge in [-0.05, 0) is 50.6 Å². The number of nitrogens with zero attached hydrogens (tertiary/aromatic N) is 6. The maximum atomic E-state index is 14.1. The average molecular weight is 643 g/mol. The summed E-state index contributed by atoms with van der Waals surface area (Å²) in [7, 11) is 0. The molecule has 3 aromatic heterocycles. The van der Waals surface area contributed by atoms with Crippen molar-refractivity contribution in [3.05, 3.63) is 78.1 Å². The van der Waals surface area contributed by atoms with Crippen LogP contribution in [-0.4, -0.2) is 84.2 Å². The molecular formula is C32H34N8O7. The van der Waals surface area contributed by atoms with E-state index < -0.39 is 35.7 Å². The Morgan fingerprint density at radius 2 is 1.98 bits per heavy atom. The van der Waals surface area contributed by atoms with Crippen LogP contribution >= 0.6 is 0 Å². The first kappa shape index (κ1) is 31.4. The molecule has 1 aliphatic rings. The van der Waals surface area contributed by atoms with Crippen LogP contribution in [-0.2, 0) is 16.0 Å². The van der Waals surface area contributed by atoms with Gasteiger partial charge in [0.2, 0.25) is 5.88 Å². The van der Waals surface area contributed by atoms with Crippen molar-refractivity contribution in [1.82, 2.24) is 30.5 Å². The Morgan fingerprint density at radius 3 is 2.77 bits per heavy atom. The monoisotopic (exact) mass is 642 g/mol. The van der Waals surface area contributed by atoms with E-state index in [2.05, 4.69) is 25.8 Å². The van der Waals surface area contributed by atoms with Crippen LogP contribution in [0.4, 0.5) is 11.6 Å². The summed E-state index contributed by atoms with van der Waals surface area (Å²) in [6.07, 6.45) is 1.65. The van der Waals surface area contributed by atoms with E-state index in [9.17, 15) is 19.8 Å². The highest BCUT2D eigenvalue weighted by atomic mass is 16.5. The van der Waals surface area contributed by atoms with E-state index in [0.717, 1.165) is 0 Å². The van der Waals surface area contributed by atoms with E-state index in [0.29, 0.717) is 33.9 Å². The summed E-state index contributed by atoms with van der Waals surface area (Å²) >= 11 is 0. The maximum Gasteiger partial charge on any atom is 0.260 e. The molecule has 2 amide bonds. The van der Waals surface area contributed by atoms with Crippen LogP contribution in [0.3, 0.4) is 0 Å². The number of rotatable bonds is 9. The minimum absolute atomic E-state index is 0.0121. The second kappa shape index (κ2) is 12.3. The molecular weight excluding hydrogens is 608 g/mol. The second-order valence-electron chi connectivity index (χ2n) is 12.2. The molecule has 0 radical (unpaired) electrons. The zero-order chi connectivity index (χ0) is 33.3. The van der Waals surface area contributed by atoms with Gasteiger partial charge in [0, 0.05) is 24.8 Å². The largest absolute Gasteiger partial charge is 0.507 e. The fraction of sp³-hybridized carbons (Fsp3) is 0.312. The first-order valence-corrected chi connectivity index (χ1v) is 14.8. The Morgan fingerprint density at radius 1 is 1.17 bits per heavy atom. The number of hydrogen-bond donors (Lipinski definition) is 4. The van der Waals surface area contributed by atoms with Crippen molar-refractivity contribution in [2.45, 2.75) is 44.5 Å². The van der Waals surface area contributed by atoms with Crippen molar-refractivity contribution in [3.8, 4) is 17.3 Å². The topological polar surface area (TPSA) is 204 Å². The van der Waals surface area contributed by atoms with Gasteiger partial charge < -0.3 is 35.3 Å². The summed E-state index contributed by atoms with van der Waals surface area (Å²) in [6, 6.07) is 14.4. The fourth-order valence-corrected chi connectivity index (χ4v) is 5.33. The molecule has 244 valence electrons. The Balaban J connectivity index is 1.27. The SMILES string of the molecule is CC(C)(C)Oc1cc(-n2ccc(N3CCO[C@H](C(O)(CNC(=O)c4ccccc4O)Cc4ccc5c(N)noc5c4)C3=O)n2)cnn1. The number of nitrogens with two attached hydrogens (primary N) is 1. The number of fused-ring (bicyclic) bond motifs is 1. The number of phenolic OH excluding ortho intramolecular Hbond substituents is 1. The molecule has 0 bridgehead atoms. The van der Waals surface area contributed by atoms with Gasteiger partial charge in [-0.25, -0.2) is 4.68 Å². The molecule has 0 saturated carbocycles. The number of nitrogen functional groups attached to an aromatic ring is 1. The summed E-state index contributed by atoms with van der Waals surface area (Å²) in [5.74, 6) is -0.572. The van der Waals surface area contributed by atoms with Gasteiger partial charge in [0.15, 0.2) is 23.3 Å². The van der Waals surface area contributed by atoms with E-state index >= 15 is 0 Å². The lowest BCUT2D eigenvalue weighted by molar-refractivity contribution is -0.157. The molecule has 5 N–H and O–H groups in total. The number of aliphatic hydroxyl groups is 1. The van der Waals surface area contributed by atoms with E-state index in [-0.39, 0.29) is 36.7 Å².